The van der Waals surface area contributed by atoms with Gasteiger partial charge in [0.25, 0.3) is 0 Å². The van der Waals surface area contributed by atoms with Gasteiger partial charge in [0.05, 0.1) is 12.8 Å². The Kier molecular flexibility index (Phi) is 10.4. The number of anilines is 2. The van der Waals surface area contributed by atoms with Crippen LogP contribution in [-0.2, 0) is 32.0 Å². The van der Waals surface area contributed by atoms with Crippen LogP contribution in [0.1, 0.15) is 47.9 Å². The molecule has 0 aromatic heterocycles. The predicted octanol–water partition coefficient (Wildman–Crippen LogP) is 6.20. The molecule has 2 N–H and O–H groups in total. The van der Waals surface area contributed by atoms with Crippen LogP contribution in [0.2, 0.25) is 0 Å². The summed E-state index contributed by atoms with van der Waals surface area (Å²) < 4.78 is 0. The van der Waals surface area contributed by atoms with Crippen LogP contribution < -0.4 is 10.6 Å². The summed E-state index contributed by atoms with van der Waals surface area (Å²) in [6, 6.07) is 33.4. The number of carbonyl (C=O) groups excluding carboxylic acids is 4. The first-order chi connectivity index (χ1) is 23.4. The van der Waals surface area contributed by atoms with Gasteiger partial charge < -0.3 is 20.4 Å². The van der Waals surface area contributed by atoms with Crippen LogP contribution in [0.4, 0.5) is 11.4 Å². The highest BCUT2D eigenvalue weighted by atomic mass is 16.2. The summed E-state index contributed by atoms with van der Waals surface area (Å²) in [6.07, 6.45) is 7.48. The quantitative estimate of drug-likeness (QED) is 0.202. The number of benzene rings is 4. The molecule has 4 amide bonds. The Balaban J connectivity index is 0.985. The van der Waals surface area contributed by atoms with E-state index in [1.54, 1.807) is 9.80 Å². The monoisotopic (exact) mass is 640 g/mol. The molecule has 2 atom stereocenters. The predicted molar refractivity (Wildman–Crippen MR) is 189 cm³/mol. The Bertz CT molecular complexity index is 1620. The van der Waals surface area contributed by atoms with Gasteiger partial charge >= 0.3 is 0 Å². The molecule has 2 saturated heterocycles. The normalized spacial score (nSPS) is 17.4. The van der Waals surface area contributed by atoms with Crippen LogP contribution in [-0.4, -0.2) is 58.6 Å². The first-order valence-electron chi connectivity index (χ1n) is 16.6. The summed E-state index contributed by atoms with van der Waals surface area (Å²) in [5.74, 6) is -0.380. The summed E-state index contributed by atoms with van der Waals surface area (Å²) in [5, 5.41) is 5.96. The number of hydrogen-bond donors (Lipinski definition) is 2. The smallest absolute Gasteiger partial charge is 0.247 e. The zero-order chi connectivity index (χ0) is 33.3. The number of amides is 4. The van der Waals surface area contributed by atoms with Gasteiger partial charge in [0.2, 0.25) is 23.6 Å². The maximum Gasteiger partial charge on any atom is 0.247 e. The zero-order valence-corrected chi connectivity index (χ0v) is 26.9. The highest BCUT2D eigenvalue weighted by molar-refractivity contribution is 5.98. The van der Waals surface area contributed by atoms with E-state index in [2.05, 4.69) is 10.6 Å². The van der Waals surface area contributed by atoms with Crippen LogP contribution in [0.5, 0.6) is 0 Å². The molecule has 6 rings (SSSR count). The van der Waals surface area contributed by atoms with Crippen LogP contribution in [0.15, 0.2) is 109 Å². The fourth-order valence-corrected chi connectivity index (χ4v) is 6.42. The summed E-state index contributed by atoms with van der Waals surface area (Å²) in [5.41, 5.74) is 5.18. The molecule has 2 fully saturated rings. The van der Waals surface area contributed by atoms with E-state index in [4.69, 9.17) is 0 Å². The van der Waals surface area contributed by atoms with Crippen LogP contribution in [0.25, 0.3) is 12.2 Å². The maximum atomic E-state index is 13.1. The maximum absolute atomic E-state index is 13.1. The second kappa shape index (κ2) is 15.4. The minimum Gasteiger partial charge on any atom is -0.330 e. The second-order valence-electron chi connectivity index (χ2n) is 12.4. The lowest BCUT2D eigenvalue weighted by atomic mass is 10.1. The zero-order valence-electron chi connectivity index (χ0n) is 26.9. The molecule has 2 aliphatic heterocycles. The summed E-state index contributed by atoms with van der Waals surface area (Å²) in [7, 11) is 0. The topological polar surface area (TPSA) is 98.8 Å². The third-order valence-corrected chi connectivity index (χ3v) is 8.97. The van der Waals surface area contributed by atoms with E-state index in [0.29, 0.717) is 50.1 Å². The summed E-state index contributed by atoms with van der Waals surface area (Å²) in [6.45, 7) is 1.19. The van der Waals surface area contributed by atoms with Gasteiger partial charge in [-0.3, -0.25) is 19.2 Å². The number of likely N-dealkylation sites (tertiary alicyclic amines) is 2. The van der Waals surface area contributed by atoms with Crippen molar-refractivity contribution in [3.8, 4) is 0 Å². The van der Waals surface area contributed by atoms with E-state index in [1.165, 1.54) is 0 Å². The summed E-state index contributed by atoms with van der Waals surface area (Å²) >= 11 is 0. The fraction of sp³-hybridized carbons (Fsp3) is 0.250. The van der Waals surface area contributed by atoms with Gasteiger partial charge in [-0.2, -0.15) is 0 Å². The number of carbonyl (C=O) groups is 4. The van der Waals surface area contributed by atoms with Crippen molar-refractivity contribution >= 4 is 47.2 Å². The van der Waals surface area contributed by atoms with Gasteiger partial charge in [-0.15, -0.1) is 0 Å². The third kappa shape index (κ3) is 8.25. The van der Waals surface area contributed by atoms with Gasteiger partial charge in [-0.1, -0.05) is 97.1 Å². The molecule has 0 spiro atoms. The number of nitrogens with one attached hydrogen (secondary N) is 2. The van der Waals surface area contributed by atoms with Gasteiger partial charge in [-0.25, -0.2) is 0 Å². The molecular weight excluding hydrogens is 600 g/mol. The summed E-state index contributed by atoms with van der Waals surface area (Å²) in [4.78, 5) is 55.5. The number of hydrogen-bond acceptors (Lipinski definition) is 4. The fourth-order valence-electron chi connectivity index (χ4n) is 6.42. The molecule has 244 valence electrons. The molecular formula is C40H40N4O4. The average molecular weight is 641 g/mol. The van der Waals surface area contributed by atoms with Crippen LogP contribution in [0.3, 0.4) is 0 Å². The van der Waals surface area contributed by atoms with Crippen LogP contribution in [0, 0.1) is 0 Å². The van der Waals surface area contributed by atoms with Crippen molar-refractivity contribution in [1.29, 1.82) is 0 Å². The number of nitrogens with zero attached hydrogens (tertiary/aromatic N) is 2. The lowest BCUT2D eigenvalue weighted by Gasteiger charge is -2.24. The molecule has 8 heteroatoms. The standard InChI is InChI=1S/C40H40N4O4/c45-37(27-31-9-3-1-4-10-31)43-25-7-13-35(43)39(47)41-33-21-17-29(18-22-33)15-16-30-19-23-34(24-20-30)42-40(48)36-14-8-26-44(36)38(46)28-32-11-5-2-6-12-32/h1-6,9-12,15-24,35-36H,7-8,13-14,25-28H2,(H,41,47)(H,42,48)/b16-15+/t35-,36?/m0/s1. The highest BCUT2D eigenvalue weighted by Crippen LogP contribution is 2.23. The molecule has 2 aliphatic rings. The van der Waals surface area contributed by atoms with E-state index in [-0.39, 0.29) is 23.6 Å². The van der Waals surface area contributed by atoms with Gasteiger partial charge in [0.15, 0.2) is 0 Å². The van der Waals surface area contributed by atoms with Gasteiger partial charge in [-0.05, 0) is 72.2 Å². The minimum absolute atomic E-state index is 0.0266. The molecule has 8 nitrogen and oxygen atoms in total. The van der Waals surface area contributed by atoms with E-state index in [9.17, 15) is 19.2 Å². The SMILES string of the molecule is O=C(Nc1ccc(/C=C/c2ccc(NC(=O)[C@@H]3CCCN3C(=O)Cc3ccccc3)cc2)cc1)C1CCCN1C(=O)Cc1ccccc1. The first-order valence-corrected chi connectivity index (χ1v) is 16.6. The molecule has 0 saturated carbocycles. The average Bonchev–Trinajstić information content (AvgIpc) is 3.81. The molecule has 48 heavy (non-hydrogen) atoms. The molecule has 4 aromatic rings. The Hall–Kier alpha value is -5.50. The van der Waals surface area contributed by atoms with Crippen molar-refractivity contribution in [2.45, 2.75) is 50.6 Å². The number of rotatable bonds is 10. The Morgan fingerprint density at radius 1 is 0.542 bits per heavy atom. The molecule has 0 aliphatic carbocycles. The van der Waals surface area contributed by atoms with Crippen molar-refractivity contribution in [1.82, 2.24) is 9.80 Å². The minimum atomic E-state index is -0.465. The van der Waals surface area contributed by atoms with Gasteiger partial charge in [0, 0.05) is 24.5 Å². The molecule has 0 bridgehead atoms. The van der Waals surface area contributed by atoms with Gasteiger partial charge in [0.1, 0.15) is 12.1 Å². The Morgan fingerprint density at radius 2 is 0.917 bits per heavy atom. The Morgan fingerprint density at radius 3 is 1.29 bits per heavy atom. The first kappa shape index (κ1) is 32.4. The van der Waals surface area contributed by atoms with Crippen molar-refractivity contribution in [3.63, 3.8) is 0 Å². The van der Waals surface area contributed by atoms with E-state index in [1.807, 2.05) is 121 Å². The van der Waals surface area contributed by atoms with E-state index < -0.39 is 12.1 Å². The van der Waals surface area contributed by atoms with Crippen LogP contribution >= 0.6 is 0 Å². The van der Waals surface area contributed by atoms with Crippen molar-refractivity contribution < 1.29 is 19.2 Å². The van der Waals surface area contributed by atoms with Crippen molar-refractivity contribution in [2.24, 2.45) is 0 Å². The van der Waals surface area contributed by atoms with Crippen molar-refractivity contribution in [2.75, 3.05) is 23.7 Å². The highest BCUT2D eigenvalue weighted by Gasteiger charge is 2.35. The lowest BCUT2D eigenvalue weighted by molar-refractivity contribution is -0.136. The third-order valence-electron chi connectivity index (χ3n) is 8.97. The van der Waals surface area contributed by atoms with E-state index in [0.717, 1.165) is 35.1 Å². The second-order valence-corrected chi connectivity index (χ2v) is 12.4. The van der Waals surface area contributed by atoms with Crippen molar-refractivity contribution in [3.05, 3.63) is 131 Å². The Labute approximate surface area is 281 Å². The largest absolute Gasteiger partial charge is 0.330 e. The molecule has 4 aromatic carbocycles. The van der Waals surface area contributed by atoms with E-state index >= 15 is 0 Å². The molecule has 1 unspecified atom stereocenters. The molecule has 0 radical (unpaired) electrons. The molecule has 2 heterocycles. The lowest BCUT2D eigenvalue weighted by Crippen LogP contribution is -2.43.